The first kappa shape index (κ1) is 10.6. The van der Waals surface area contributed by atoms with E-state index in [0.29, 0.717) is 22.4 Å². The molecule has 0 radical (unpaired) electrons. The van der Waals surface area contributed by atoms with Crippen LogP contribution in [-0.2, 0) is 0 Å². The quantitative estimate of drug-likeness (QED) is 0.662. The Morgan fingerprint density at radius 1 is 0.944 bits per heavy atom. The summed E-state index contributed by atoms with van der Waals surface area (Å²) in [5.41, 5.74) is 7.57. The van der Waals surface area contributed by atoms with Crippen LogP contribution in [0.1, 0.15) is 0 Å². The largest absolute Gasteiger partial charge is 0.456 e. The maximum absolute atomic E-state index is 12.0. The molecule has 0 saturated heterocycles. The van der Waals surface area contributed by atoms with Crippen LogP contribution in [0, 0.1) is 0 Å². The number of hydrogen-bond acceptors (Lipinski definition) is 3. The maximum atomic E-state index is 12.0. The average Bonchev–Trinajstić information content (AvgIpc) is 2.40. The molecule has 1 aromatic heterocycles. The Bertz CT molecular complexity index is 760. The van der Waals surface area contributed by atoms with E-state index in [0.717, 1.165) is 5.56 Å². The van der Waals surface area contributed by atoms with Crippen LogP contribution in [0.3, 0.4) is 0 Å². The number of nitrogen functional groups attached to an aromatic ring is 1. The molecule has 2 aromatic carbocycles. The molecule has 3 heteroatoms. The first-order chi connectivity index (χ1) is 8.74. The summed E-state index contributed by atoms with van der Waals surface area (Å²) in [7, 11) is 0. The topological polar surface area (TPSA) is 56.2 Å². The highest BCUT2D eigenvalue weighted by Crippen LogP contribution is 2.22. The summed E-state index contributed by atoms with van der Waals surface area (Å²) in [4.78, 5) is 12.0. The lowest BCUT2D eigenvalue weighted by atomic mass is 10.1. The second kappa shape index (κ2) is 4.04. The third-order valence-electron chi connectivity index (χ3n) is 2.81. The van der Waals surface area contributed by atoms with Crippen LogP contribution in [0.4, 0.5) is 5.69 Å². The maximum Gasteiger partial charge on any atom is 0.193 e. The van der Waals surface area contributed by atoms with E-state index >= 15 is 0 Å². The van der Waals surface area contributed by atoms with E-state index < -0.39 is 0 Å². The smallest absolute Gasteiger partial charge is 0.193 e. The van der Waals surface area contributed by atoms with Crippen LogP contribution < -0.4 is 11.2 Å². The van der Waals surface area contributed by atoms with Crippen molar-refractivity contribution in [3.63, 3.8) is 0 Å². The molecule has 0 aliphatic carbocycles. The van der Waals surface area contributed by atoms with Crippen LogP contribution in [0.15, 0.2) is 63.8 Å². The van der Waals surface area contributed by atoms with Crippen LogP contribution in [0.5, 0.6) is 0 Å². The summed E-state index contributed by atoms with van der Waals surface area (Å²) in [5.74, 6) is 0.567. The molecule has 1 heterocycles. The lowest BCUT2D eigenvalue weighted by Crippen LogP contribution is -2.01. The van der Waals surface area contributed by atoms with Gasteiger partial charge in [-0.3, -0.25) is 4.79 Å². The molecule has 3 nitrogen and oxygen atoms in total. The molecule has 0 saturated carbocycles. The molecular weight excluding hydrogens is 226 g/mol. The molecule has 0 aliphatic heterocycles. The zero-order chi connectivity index (χ0) is 12.5. The molecule has 0 fully saturated rings. The standard InChI is InChI=1S/C15H11NO2/c16-11-6-7-14-12(8-11)13(17)9-15(18-14)10-4-2-1-3-5-10/h1-9H,16H2. The number of hydrogen-bond donors (Lipinski definition) is 1. The molecule has 3 rings (SSSR count). The average molecular weight is 237 g/mol. The van der Waals surface area contributed by atoms with Gasteiger partial charge in [0.05, 0.1) is 5.39 Å². The van der Waals surface area contributed by atoms with E-state index in [9.17, 15) is 4.79 Å². The van der Waals surface area contributed by atoms with Crippen molar-refractivity contribution in [2.45, 2.75) is 0 Å². The fourth-order valence-electron chi connectivity index (χ4n) is 1.92. The lowest BCUT2D eigenvalue weighted by molar-refractivity contribution is 0.619. The molecule has 3 aromatic rings. The molecule has 0 spiro atoms. The van der Waals surface area contributed by atoms with Gasteiger partial charge in [-0.1, -0.05) is 30.3 Å². The van der Waals surface area contributed by atoms with Gasteiger partial charge in [0.15, 0.2) is 5.43 Å². The highest BCUT2D eigenvalue weighted by Gasteiger charge is 2.06. The molecule has 0 unspecified atom stereocenters. The highest BCUT2D eigenvalue weighted by atomic mass is 16.3. The van der Waals surface area contributed by atoms with Gasteiger partial charge in [0.25, 0.3) is 0 Å². The monoisotopic (exact) mass is 237 g/mol. The zero-order valence-corrected chi connectivity index (χ0v) is 9.59. The third-order valence-corrected chi connectivity index (χ3v) is 2.81. The minimum Gasteiger partial charge on any atom is -0.456 e. The number of nitrogens with two attached hydrogens (primary N) is 1. The Morgan fingerprint density at radius 2 is 1.72 bits per heavy atom. The molecule has 0 aliphatic rings. The van der Waals surface area contributed by atoms with Gasteiger partial charge in [0, 0.05) is 17.3 Å². The molecular formula is C15H11NO2. The molecule has 18 heavy (non-hydrogen) atoms. The summed E-state index contributed by atoms with van der Waals surface area (Å²) in [6.07, 6.45) is 0. The first-order valence-electron chi connectivity index (χ1n) is 5.63. The van der Waals surface area contributed by atoms with Gasteiger partial charge >= 0.3 is 0 Å². The Balaban J connectivity index is 2.29. The van der Waals surface area contributed by atoms with Crippen LogP contribution in [0.25, 0.3) is 22.3 Å². The van der Waals surface area contributed by atoms with E-state index in [1.54, 1.807) is 18.2 Å². The summed E-state index contributed by atoms with van der Waals surface area (Å²) in [5, 5.41) is 0.509. The second-order valence-corrected chi connectivity index (χ2v) is 4.10. The van der Waals surface area contributed by atoms with Crippen molar-refractivity contribution >= 4 is 16.7 Å². The van der Waals surface area contributed by atoms with Crippen molar-refractivity contribution in [3.8, 4) is 11.3 Å². The van der Waals surface area contributed by atoms with Gasteiger partial charge in [0.2, 0.25) is 0 Å². The first-order valence-corrected chi connectivity index (χ1v) is 5.63. The lowest BCUT2D eigenvalue weighted by Gasteiger charge is -2.03. The van der Waals surface area contributed by atoms with Gasteiger partial charge in [-0.15, -0.1) is 0 Å². The van der Waals surface area contributed by atoms with Crippen molar-refractivity contribution < 1.29 is 4.42 Å². The Labute approximate surface area is 103 Å². The van der Waals surface area contributed by atoms with Crippen LogP contribution >= 0.6 is 0 Å². The number of fused-ring (bicyclic) bond motifs is 1. The minimum absolute atomic E-state index is 0.0811. The van der Waals surface area contributed by atoms with Crippen molar-refractivity contribution in [2.24, 2.45) is 0 Å². The summed E-state index contributed by atoms with van der Waals surface area (Å²) in [6.45, 7) is 0. The van der Waals surface area contributed by atoms with Crippen molar-refractivity contribution in [2.75, 3.05) is 5.73 Å². The van der Waals surface area contributed by atoms with Crippen LogP contribution in [-0.4, -0.2) is 0 Å². The van der Waals surface area contributed by atoms with Crippen molar-refractivity contribution in [1.82, 2.24) is 0 Å². The van der Waals surface area contributed by atoms with E-state index in [4.69, 9.17) is 10.2 Å². The summed E-state index contributed by atoms with van der Waals surface area (Å²) >= 11 is 0. The van der Waals surface area contributed by atoms with Crippen LogP contribution in [0.2, 0.25) is 0 Å². The Morgan fingerprint density at radius 3 is 2.50 bits per heavy atom. The number of anilines is 1. The molecule has 2 N–H and O–H groups in total. The third kappa shape index (κ3) is 1.76. The molecule has 0 atom stereocenters. The van der Waals surface area contributed by atoms with Crippen molar-refractivity contribution in [1.29, 1.82) is 0 Å². The van der Waals surface area contributed by atoms with Gasteiger partial charge in [-0.2, -0.15) is 0 Å². The fraction of sp³-hybridized carbons (Fsp3) is 0. The SMILES string of the molecule is Nc1ccc2oc(-c3ccccc3)cc(=O)c2c1. The van der Waals surface area contributed by atoms with Gasteiger partial charge < -0.3 is 10.2 Å². The Hall–Kier alpha value is -2.55. The molecule has 88 valence electrons. The number of benzene rings is 2. The van der Waals surface area contributed by atoms with Gasteiger partial charge in [0.1, 0.15) is 11.3 Å². The van der Waals surface area contributed by atoms with E-state index in [-0.39, 0.29) is 5.43 Å². The highest BCUT2D eigenvalue weighted by molar-refractivity contribution is 5.81. The van der Waals surface area contributed by atoms with E-state index in [2.05, 4.69) is 0 Å². The van der Waals surface area contributed by atoms with E-state index in [1.165, 1.54) is 6.07 Å². The van der Waals surface area contributed by atoms with Crippen molar-refractivity contribution in [3.05, 3.63) is 64.8 Å². The number of rotatable bonds is 1. The molecule has 0 amide bonds. The van der Waals surface area contributed by atoms with E-state index in [1.807, 2.05) is 30.3 Å². The predicted molar refractivity (Wildman–Crippen MR) is 72.3 cm³/mol. The predicted octanol–water partition coefficient (Wildman–Crippen LogP) is 3.04. The Kier molecular flexibility index (Phi) is 2.38. The molecule has 0 bridgehead atoms. The van der Waals surface area contributed by atoms with Gasteiger partial charge in [-0.25, -0.2) is 0 Å². The zero-order valence-electron chi connectivity index (χ0n) is 9.59. The minimum atomic E-state index is -0.0811. The normalized spacial score (nSPS) is 10.7. The summed E-state index contributed by atoms with van der Waals surface area (Å²) in [6, 6.07) is 16.1. The summed E-state index contributed by atoms with van der Waals surface area (Å²) < 4.78 is 5.73. The van der Waals surface area contributed by atoms with Gasteiger partial charge in [-0.05, 0) is 18.2 Å². The fourth-order valence-corrected chi connectivity index (χ4v) is 1.92. The second-order valence-electron chi connectivity index (χ2n) is 4.10.